The third-order valence-electron chi connectivity index (χ3n) is 4.34. The fourth-order valence-corrected chi connectivity index (χ4v) is 2.91. The molecule has 0 aliphatic carbocycles. The summed E-state index contributed by atoms with van der Waals surface area (Å²) in [6, 6.07) is 10.2. The van der Waals surface area contributed by atoms with Crippen LogP contribution in [0.15, 0.2) is 42.7 Å². The lowest BCUT2D eigenvalue weighted by Crippen LogP contribution is -2.35. The predicted molar refractivity (Wildman–Crippen MR) is 92.0 cm³/mol. The fraction of sp³-hybridized carbons (Fsp3) is 0.421. The Morgan fingerprint density at radius 1 is 1.21 bits per heavy atom. The highest BCUT2D eigenvalue weighted by Crippen LogP contribution is 2.14. The first-order valence-electron chi connectivity index (χ1n) is 8.42. The van der Waals surface area contributed by atoms with Gasteiger partial charge >= 0.3 is 0 Å². The molecule has 1 saturated heterocycles. The summed E-state index contributed by atoms with van der Waals surface area (Å²) in [5.41, 5.74) is 3.41. The van der Waals surface area contributed by atoms with Gasteiger partial charge in [0, 0.05) is 38.4 Å². The fourth-order valence-electron chi connectivity index (χ4n) is 2.91. The lowest BCUT2D eigenvalue weighted by atomic mass is 10.1. The van der Waals surface area contributed by atoms with Crippen LogP contribution in [-0.4, -0.2) is 36.2 Å². The van der Waals surface area contributed by atoms with E-state index >= 15 is 0 Å². The van der Waals surface area contributed by atoms with E-state index in [0.29, 0.717) is 0 Å². The normalized spacial score (nSPS) is 16.9. The molecule has 2 aromatic rings. The molecule has 1 aromatic heterocycles. The molecule has 24 heavy (non-hydrogen) atoms. The van der Waals surface area contributed by atoms with E-state index in [4.69, 9.17) is 4.74 Å². The van der Waals surface area contributed by atoms with Crippen molar-refractivity contribution in [1.29, 1.82) is 0 Å². The van der Waals surface area contributed by atoms with Gasteiger partial charge in [0.25, 0.3) is 0 Å². The zero-order chi connectivity index (χ0) is 16.8. The predicted octanol–water partition coefficient (Wildman–Crippen LogP) is 2.90. The van der Waals surface area contributed by atoms with Gasteiger partial charge in [0.15, 0.2) is 0 Å². The molecule has 1 atom stereocenters. The van der Waals surface area contributed by atoms with Gasteiger partial charge < -0.3 is 10.1 Å². The molecule has 1 fully saturated rings. The molecule has 0 amide bonds. The number of nitrogens with one attached hydrogen (secondary N) is 1. The number of nitrogens with zero attached hydrogens (tertiary/aromatic N) is 2. The van der Waals surface area contributed by atoms with Crippen molar-refractivity contribution in [3.05, 3.63) is 65.2 Å². The largest absolute Gasteiger partial charge is 0.379 e. The summed E-state index contributed by atoms with van der Waals surface area (Å²) in [5, 5.41) is 3.43. The molecule has 0 unspecified atom stereocenters. The quantitative estimate of drug-likeness (QED) is 0.884. The molecule has 0 radical (unpaired) electrons. The number of aromatic nitrogens is 1. The molecule has 0 saturated carbocycles. The van der Waals surface area contributed by atoms with Crippen molar-refractivity contribution >= 4 is 0 Å². The van der Waals surface area contributed by atoms with E-state index in [9.17, 15) is 4.39 Å². The third-order valence-corrected chi connectivity index (χ3v) is 4.34. The summed E-state index contributed by atoms with van der Waals surface area (Å²) in [6.07, 6.45) is 2.93. The van der Waals surface area contributed by atoms with Crippen LogP contribution >= 0.6 is 0 Å². The van der Waals surface area contributed by atoms with Crippen molar-refractivity contribution < 1.29 is 9.13 Å². The topological polar surface area (TPSA) is 37.4 Å². The summed E-state index contributed by atoms with van der Waals surface area (Å²) in [4.78, 5) is 6.32. The van der Waals surface area contributed by atoms with Crippen LogP contribution in [0, 0.1) is 5.82 Å². The summed E-state index contributed by atoms with van der Waals surface area (Å²) in [6.45, 7) is 7.35. The second-order valence-corrected chi connectivity index (χ2v) is 6.25. The van der Waals surface area contributed by atoms with Gasteiger partial charge in [0.2, 0.25) is 0 Å². The summed E-state index contributed by atoms with van der Waals surface area (Å²) in [7, 11) is 0. The van der Waals surface area contributed by atoms with Crippen molar-refractivity contribution in [2.45, 2.75) is 26.1 Å². The molecule has 1 aliphatic rings. The molecule has 4 nitrogen and oxygen atoms in total. The van der Waals surface area contributed by atoms with E-state index in [1.807, 2.05) is 6.92 Å². The number of benzene rings is 1. The van der Waals surface area contributed by atoms with Crippen molar-refractivity contribution in [1.82, 2.24) is 15.2 Å². The maximum absolute atomic E-state index is 13.3. The van der Waals surface area contributed by atoms with Crippen LogP contribution in [0.3, 0.4) is 0 Å². The molecule has 1 aromatic carbocycles. The number of halogens is 1. The Kier molecular flexibility index (Phi) is 5.91. The number of hydrogen-bond donors (Lipinski definition) is 1. The molecule has 128 valence electrons. The Balaban J connectivity index is 1.56. The van der Waals surface area contributed by atoms with E-state index in [-0.39, 0.29) is 11.9 Å². The Labute approximate surface area is 142 Å². The van der Waals surface area contributed by atoms with Gasteiger partial charge in [-0.15, -0.1) is 0 Å². The maximum atomic E-state index is 13.3. The van der Waals surface area contributed by atoms with Crippen LogP contribution in [0.25, 0.3) is 0 Å². The van der Waals surface area contributed by atoms with Crippen molar-refractivity contribution in [2.75, 3.05) is 26.3 Å². The number of ether oxygens (including phenoxy) is 1. The molecular formula is C19H24FN3O. The summed E-state index contributed by atoms with van der Waals surface area (Å²) < 4.78 is 18.7. The van der Waals surface area contributed by atoms with Crippen LogP contribution in [-0.2, 0) is 17.8 Å². The van der Waals surface area contributed by atoms with Gasteiger partial charge in [-0.2, -0.15) is 0 Å². The van der Waals surface area contributed by atoms with Gasteiger partial charge in [-0.05, 0) is 29.7 Å². The highest BCUT2D eigenvalue weighted by atomic mass is 19.1. The second-order valence-electron chi connectivity index (χ2n) is 6.25. The Morgan fingerprint density at radius 2 is 2.00 bits per heavy atom. The molecule has 5 heteroatoms. The first-order valence-corrected chi connectivity index (χ1v) is 8.42. The summed E-state index contributed by atoms with van der Waals surface area (Å²) >= 11 is 0. The van der Waals surface area contributed by atoms with Crippen LogP contribution in [0.4, 0.5) is 4.39 Å². The molecule has 0 bridgehead atoms. The van der Waals surface area contributed by atoms with Crippen LogP contribution < -0.4 is 5.32 Å². The van der Waals surface area contributed by atoms with Gasteiger partial charge in [-0.3, -0.25) is 9.88 Å². The molecule has 1 N–H and O–H groups in total. The monoisotopic (exact) mass is 329 g/mol. The minimum absolute atomic E-state index is 0.0519. The third kappa shape index (κ3) is 4.84. The van der Waals surface area contributed by atoms with E-state index in [2.05, 4.69) is 39.5 Å². The highest BCUT2D eigenvalue weighted by Gasteiger charge is 2.11. The van der Waals surface area contributed by atoms with E-state index in [1.165, 1.54) is 23.4 Å². The van der Waals surface area contributed by atoms with Gasteiger partial charge in [-0.25, -0.2) is 4.39 Å². The van der Waals surface area contributed by atoms with Gasteiger partial charge in [0.05, 0.1) is 19.4 Å². The first kappa shape index (κ1) is 17.0. The van der Waals surface area contributed by atoms with Crippen molar-refractivity contribution in [3.63, 3.8) is 0 Å². The molecule has 3 rings (SSSR count). The molecule has 1 aliphatic heterocycles. The lowest BCUT2D eigenvalue weighted by molar-refractivity contribution is 0.0342. The SMILES string of the molecule is C[C@H](NCc1cccc(CN2CCOCC2)c1)c1cncc(F)c1. The minimum atomic E-state index is -0.298. The average molecular weight is 329 g/mol. The van der Waals surface area contributed by atoms with Crippen LogP contribution in [0.1, 0.15) is 29.7 Å². The number of hydrogen-bond acceptors (Lipinski definition) is 4. The number of rotatable bonds is 6. The molecular weight excluding hydrogens is 305 g/mol. The Morgan fingerprint density at radius 3 is 2.79 bits per heavy atom. The van der Waals surface area contributed by atoms with E-state index < -0.39 is 0 Å². The van der Waals surface area contributed by atoms with Crippen LogP contribution in [0.5, 0.6) is 0 Å². The Hall–Kier alpha value is -1.82. The van der Waals surface area contributed by atoms with Crippen molar-refractivity contribution in [2.24, 2.45) is 0 Å². The van der Waals surface area contributed by atoms with E-state index in [0.717, 1.165) is 45.0 Å². The van der Waals surface area contributed by atoms with Crippen molar-refractivity contribution in [3.8, 4) is 0 Å². The highest BCUT2D eigenvalue weighted by molar-refractivity contribution is 5.24. The second kappa shape index (κ2) is 8.33. The van der Waals surface area contributed by atoms with Gasteiger partial charge in [0.1, 0.15) is 5.82 Å². The smallest absolute Gasteiger partial charge is 0.141 e. The lowest BCUT2D eigenvalue weighted by Gasteiger charge is -2.26. The Bertz CT molecular complexity index is 659. The summed E-state index contributed by atoms with van der Waals surface area (Å²) in [5.74, 6) is -0.298. The van der Waals surface area contributed by atoms with E-state index in [1.54, 1.807) is 6.20 Å². The minimum Gasteiger partial charge on any atom is -0.379 e. The standard InChI is InChI=1S/C19H24FN3O/c1-15(18-10-19(20)13-21-12-18)22-11-16-3-2-4-17(9-16)14-23-5-7-24-8-6-23/h2-4,9-10,12-13,15,22H,5-8,11,14H2,1H3/t15-/m0/s1. The number of morpholine rings is 1. The van der Waals surface area contributed by atoms with Gasteiger partial charge in [-0.1, -0.05) is 24.3 Å². The zero-order valence-corrected chi connectivity index (χ0v) is 14.0. The molecule has 0 spiro atoms. The molecule has 2 heterocycles. The number of pyridine rings is 1. The average Bonchev–Trinajstić information content (AvgIpc) is 2.61. The van der Waals surface area contributed by atoms with Crippen LogP contribution in [0.2, 0.25) is 0 Å². The zero-order valence-electron chi connectivity index (χ0n) is 14.0. The first-order chi connectivity index (χ1) is 11.7. The maximum Gasteiger partial charge on any atom is 0.141 e.